The molecule has 0 aliphatic carbocycles. The number of ether oxygens (including phenoxy) is 2. The van der Waals surface area contributed by atoms with Crippen LogP contribution in [0.15, 0.2) is 78.0 Å². The Hall–Kier alpha value is -3.80. The smallest absolute Gasteiger partial charge is 0.161 e. The summed E-state index contributed by atoms with van der Waals surface area (Å²) in [6.07, 6.45) is 3.89. The Morgan fingerprint density at radius 3 is 2.45 bits per heavy atom. The van der Waals surface area contributed by atoms with Crippen molar-refractivity contribution >= 4 is 17.1 Å². The lowest BCUT2D eigenvalue weighted by molar-refractivity contribution is 0.354. The zero-order valence-electron chi connectivity index (χ0n) is 17.5. The zero-order chi connectivity index (χ0) is 21.6. The van der Waals surface area contributed by atoms with Crippen molar-refractivity contribution in [2.45, 2.75) is 13.1 Å². The van der Waals surface area contributed by atoms with Crippen LogP contribution in [0.4, 0.5) is 4.39 Å². The van der Waals surface area contributed by atoms with Gasteiger partial charge in [-0.1, -0.05) is 36.4 Å². The molecule has 0 unspecified atom stereocenters. The monoisotopic (exact) mass is 417 g/mol. The molecule has 6 heteroatoms. The van der Waals surface area contributed by atoms with E-state index in [-0.39, 0.29) is 5.82 Å². The van der Waals surface area contributed by atoms with Gasteiger partial charge in [0, 0.05) is 29.2 Å². The second-order valence-corrected chi connectivity index (χ2v) is 7.14. The molecule has 0 fully saturated rings. The first-order valence-corrected chi connectivity index (χ1v) is 9.97. The van der Waals surface area contributed by atoms with Gasteiger partial charge in [0.2, 0.25) is 0 Å². The lowest BCUT2D eigenvalue weighted by Gasteiger charge is -2.09. The molecular weight excluding hydrogens is 393 g/mol. The molecule has 4 aromatic rings. The number of methoxy groups -OCH3 is 2. The Kier molecular flexibility index (Phi) is 6.17. The highest BCUT2D eigenvalue weighted by molar-refractivity contribution is 5.99. The highest BCUT2D eigenvalue weighted by Crippen LogP contribution is 2.27. The molecule has 158 valence electrons. The Bertz CT molecular complexity index is 1200. The minimum Gasteiger partial charge on any atom is -0.493 e. The maximum atomic E-state index is 13.2. The van der Waals surface area contributed by atoms with E-state index in [0.717, 1.165) is 27.6 Å². The van der Waals surface area contributed by atoms with Crippen LogP contribution >= 0.6 is 0 Å². The average molecular weight is 417 g/mol. The van der Waals surface area contributed by atoms with E-state index in [9.17, 15) is 4.39 Å². The standard InChI is InChI=1S/C25H24FN3O2/c1-30-24-12-9-19(13-25(24)31-2)14-27-28-15-20-17-29(23-6-4-3-5-22(20)23)16-18-7-10-21(26)11-8-18/h3-13,15,17,27H,14,16H2,1-2H3/b28-15-. The van der Waals surface area contributed by atoms with E-state index in [1.807, 2.05) is 48.7 Å². The molecule has 1 heterocycles. The van der Waals surface area contributed by atoms with Gasteiger partial charge in [0.1, 0.15) is 5.82 Å². The van der Waals surface area contributed by atoms with E-state index in [1.54, 1.807) is 14.2 Å². The van der Waals surface area contributed by atoms with Crippen molar-refractivity contribution in [3.8, 4) is 11.5 Å². The molecule has 0 atom stereocenters. The summed E-state index contributed by atoms with van der Waals surface area (Å²) in [5, 5.41) is 5.52. The van der Waals surface area contributed by atoms with Crippen LogP contribution < -0.4 is 14.9 Å². The third kappa shape index (κ3) is 4.69. The van der Waals surface area contributed by atoms with Crippen molar-refractivity contribution < 1.29 is 13.9 Å². The van der Waals surface area contributed by atoms with E-state index in [2.05, 4.69) is 33.4 Å². The van der Waals surface area contributed by atoms with Crippen LogP contribution in [0.1, 0.15) is 16.7 Å². The molecule has 0 bridgehead atoms. The number of nitrogens with one attached hydrogen (secondary N) is 1. The Labute approximate surface area is 180 Å². The van der Waals surface area contributed by atoms with Crippen molar-refractivity contribution in [1.29, 1.82) is 0 Å². The highest BCUT2D eigenvalue weighted by Gasteiger charge is 2.08. The SMILES string of the molecule is COc1ccc(CN/N=C\c2cn(Cc3ccc(F)cc3)c3ccccc23)cc1OC. The van der Waals surface area contributed by atoms with Gasteiger partial charge >= 0.3 is 0 Å². The van der Waals surface area contributed by atoms with Crippen molar-refractivity contribution in [1.82, 2.24) is 9.99 Å². The van der Waals surface area contributed by atoms with Crippen molar-refractivity contribution in [2.75, 3.05) is 14.2 Å². The molecule has 4 rings (SSSR count). The number of fused-ring (bicyclic) bond motifs is 1. The maximum Gasteiger partial charge on any atom is 0.161 e. The van der Waals surface area contributed by atoms with Crippen LogP contribution in [0.3, 0.4) is 0 Å². The molecule has 0 saturated heterocycles. The summed E-state index contributed by atoms with van der Waals surface area (Å²) in [4.78, 5) is 0. The summed E-state index contributed by atoms with van der Waals surface area (Å²) in [5.41, 5.74) is 7.28. The Morgan fingerprint density at radius 1 is 0.935 bits per heavy atom. The number of nitrogens with zero attached hydrogens (tertiary/aromatic N) is 2. The third-order valence-corrected chi connectivity index (χ3v) is 5.11. The number of hydrogen-bond acceptors (Lipinski definition) is 4. The van der Waals surface area contributed by atoms with E-state index in [1.165, 1.54) is 12.1 Å². The lowest BCUT2D eigenvalue weighted by atomic mass is 10.2. The number of halogens is 1. The predicted octanol–water partition coefficient (Wildman–Crippen LogP) is 4.97. The molecule has 1 N–H and O–H groups in total. The van der Waals surface area contributed by atoms with Crippen LogP contribution in [0.2, 0.25) is 0 Å². The molecule has 0 aliphatic rings. The number of hydrogen-bond donors (Lipinski definition) is 1. The van der Waals surface area contributed by atoms with Crippen LogP contribution in [0, 0.1) is 5.82 Å². The normalized spacial score (nSPS) is 11.2. The zero-order valence-corrected chi connectivity index (χ0v) is 17.5. The maximum absolute atomic E-state index is 13.2. The fraction of sp³-hybridized carbons (Fsp3) is 0.160. The summed E-state index contributed by atoms with van der Waals surface area (Å²) in [5.74, 6) is 1.16. The van der Waals surface area contributed by atoms with Gasteiger partial charge in [-0.05, 0) is 41.5 Å². The average Bonchev–Trinajstić information content (AvgIpc) is 3.15. The number of rotatable bonds is 8. The summed E-state index contributed by atoms with van der Waals surface area (Å²) in [7, 11) is 3.24. The highest BCUT2D eigenvalue weighted by atomic mass is 19.1. The Morgan fingerprint density at radius 2 is 1.68 bits per heavy atom. The number of para-hydroxylation sites is 1. The van der Waals surface area contributed by atoms with Gasteiger partial charge in [-0.2, -0.15) is 5.10 Å². The summed E-state index contributed by atoms with van der Waals surface area (Å²) in [6, 6.07) is 20.5. The minimum atomic E-state index is -0.227. The van der Waals surface area contributed by atoms with Crippen molar-refractivity contribution in [2.24, 2.45) is 5.10 Å². The van der Waals surface area contributed by atoms with E-state index < -0.39 is 0 Å². The van der Waals surface area contributed by atoms with Gasteiger partial charge < -0.3 is 19.5 Å². The molecule has 1 aromatic heterocycles. The molecule has 5 nitrogen and oxygen atoms in total. The molecule has 0 saturated carbocycles. The fourth-order valence-electron chi connectivity index (χ4n) is 3.54. The van der Waals surface area contributed by atoms with E-state index >= 15 is 0 Å². The second kappa shape index (κ2) is 9.34. The van der Waals surface area contributed by atoms with Crippen LogP contribution in [-0.4, -0.2) is 25.0 Å². The minimum absolute atomic E-state index is 0.227. The van der Waals surface area contributed by atoms with Gasteiger partial charge in [-0.3, -0.25) is 0 Å². The second-order valence-electron chi connectivity index (χ2n) is 7.14. The predicted molar refractivity (Wildman–Crippen MR) is 121 cm³/mol. The molecule has 0 spiro atoms. The first kappa shape index (κ1) is 20.5. The quantitative estimate of drug-likeness (QED) is 0.325. The van der Waals surface area contributed by atoms with Crippen LogP contribution in [0.5, 0.6) is 11.5 Å². The molecular formula is C25H24FN3O2. The summed E-state index contributed by atoms with van der Waals surface area (Å²) >= 11 is 0. The van der Waals surface area contributed by atoms with Crippen molar-refractivity contribution in [3.63, 3.8) is 0 Å². The van der Waals surface area contributed by atoms with Gasteiger partial charge in [0.25, 0.3) is 0 Å². The van der Waals surface area contributed by atoms with E-state index in [0.29, 0.717) is 24.6 Å². The fourth-order valence-corrected chi connectivity index (χ4v) is 3.54. The Balaban J connectivity index is 1.49. The van der Waals surface area contributed by atoms with E-state index in [4.69, 9.17) is 9.47 Å². The first-order chi connectivity index (χ1) is 15.2. The van der Waals surface area contributed by atoms with Gasteiger partial charge in [0.15, 0.2) is 11.5 Å². The topological polar surface area (TPSA) is 47.8 Å². The summed E-state index contributed by atoms with van der Waals surface area (Å²) in [6.45, 7) is 1.22. The van der Waals surface area contributed by atoms with Crippen LogP contribution in [0.25, 0.3) is 10.9 Å². The van der Waals surface area contributed by atoms with Crippen molar-refractivity contribution in [3.05, 3.63) is 95.4 Å². The molecule has 3 aromatic carbocycles. The number of benzene rings is 3. The summed E-state index contributed by atoms with van der Waals surface area (Å²) < 4.78 is 26.0. The molecule has 31 heavy (non-hydrogen) atoms. The van der Waals surface area contributed by atoms with Gasteiger partial charge in [-0.25, -0.2) is 4.39 Å². The molecule has 0 radical (unpaired) electrons. The first-order valence-electron chi connectivity index (χ1n) is 9.97. The molecule has 0 aliphatic heterocycles. The van der Waals surface area contributed by atoms with Gasteiger partial charge in [-0.15, -0.1) is 0 Å². The molecule has 0 amide bonds. The number of aromatic nitrogens is 1. The third-order valence-electron chi connectivity index (χ3n) is 5.11. The lowest BCUT2D eigenvalue weighted by Crippen LogP contribution is -2.06. The van der Waals surface area contributed by atoms with Gasteiger partial charge in [0.05, 0.1) is 27.0 Å². The number of hydrazone groups is 1. The largest absolute Gasteiger partial charge is 0.493 e. The van der Waals surface area contributed by atoms with Crippen LogP contribution in [-0.2, 0) is 13.1 Å².